The number of anilines is 2. The summed E-state index contributed by atoms with van der Waals surface area (Å²) >= 11 is 0. The van der Waals surface area contributed by atoms with Crippen molar-refractivity contribution < 1.29 is 19.7 Å². The van der Waals surface area contributed by atoms with Crippen LogP contribution in [-0.4, -0.2) is 142 Å². The lowest BCUT2D eigenvalue weighted by Crippen LogP contribution is -2.57. The molecule has 11 heterocycles. The summed E-state index contributed by atoms with van der Waals surface area (Å²) in [6.07, 6.45) is 22.2. The van der Waals surface area contributed by atoms with Crippen molar-refractivity contribution in [2.75, 3.05) is 63.8 Å². The van der Waals surface area contributed by atoms with Crippen LogP contribution >= 0.6 is 0 Å². The summed E-state index contributed by atoms with van der Waals surface area (Å²) in [7, 11) is 11.1. The Balaban J connectivity index is 0.000000216. The van der Waals surface area contributed by atoms with Gasteiger partial charge in [-0.3, -0.25) is 14.2 Å². The van der Waals surface area contributed by atoms with Gasteiger partial charge in [0.05, 0.1) is 48.4 Å². The topological polar surface area (TPSA) is 336 Å². The van der Waals surface area contributed by atoms with Gasteiger partial charge in [0.2, 0.25) is 5.91 Å². The number of amides is 2. The van der Waals surface area contributed by atoms with E-state index in [0.717, 1.165) is 107 Å². The Bertz CT molecular complexity index is 3350. The SMILES string of the molecule is C/C(=C1\N=C(N)C=C([C@H]2CCCNC2)N1)c1cn(N(C)C(=O)[C@@H]2CC[C@H](c3cc(N)n4ncc(-c5cnn(C)c5)c4n3)CN2)[n+](C)c1.CNC(=O)[C@@H]1CC[C@H](c2cc(N)n3ncc(-c4cnn(C)c4)c3n2)CN1.CNC(C)C.O. The summed E-state index contributed by atoms with van der Waals surface area (Å²) in [5.74, 6) is 3.00. The maximum atomic E-state index is 13.7. The molecule has 0 bridgehead atoms. The Morgan fingerprint density at radius 2 is 1.33 bits per heavy atom. The fourth-order valence-electron chi connectivity index (χ4n) is 10.3. The molecule has 3 saturated heterocycles. The minimum atomic E-state index is -0.329. The van der Waals surface area contributed by atoms with Gasteiger partial charge in [-0.05, 0) is 65.1 Å². The molecule has 0 aromatic carbocycles. The fourth-order valence-corrected chi connectivity index (χ4v) is 10.3. The second-order valence-electron chi connectivity index (χ2n) is 20.9. The average molecular weight is 1090 g/mol. The molecule has 11 rings (SSSR count). The number of nitrogens with zero attached hydrogens (tertiary/aromatic N) is 14. The number of carbonyl (C=O) groups is 2. The molecule has 4 aliphatic heterocycles. The molecule has 0 radical (unpaired) electrons. The largest absolute Gasteiger partial charge is 0.412 e. The van der Waals surface area contributed by atoms with Crippen LogP contribution in [-0.2, 0) is 30.7 Å². The molecule has 5 atom stereocenters. The first kappa shape index (κ1) is 57.1. The molecule has 26 heteroatoms. The van der Waals surface area contributed by atoms with E-state index >= 15 is 0 Å². The second-order valence-corrected chi connectivity index (χ2v) is 20.9. The standard InChI is InChI=1S/C32H43N14O.C17H22N8O.C4H11N.H2O/c1-19(30-39-26(10-28(33)41-30)20-6-5-9-35-12-20)23-17-43(3)45(18-23)44(4)32(47)25-8-7-21(13-36-25)27-11-29(34)46-31(40-27)24(15-38-46)22-14-37-42(2)16-22;1-19-17(26)13-4-3-10(6-20-13)14-5-15(18)25-16(23-14)12(8-22-25)11-7-21-24(2)9-11;1-4(2)5-3;/h10-11,14-18,20-21,25,35-36,39H,5-9,12-13,34H2,1-4H3,(H2,33,41);5,7-10,13,20H,3-4,6,18H2,1-2H3,(H,19,26);4-5H,1-3H3;1H2/q+1;;;/b30-19+;;;/t20-,21-,25-;10-,13-;;/m00../s1. The molecule has 2 amide bonds. The van der Waals surface area contributed by atoms with Crippen molar-refractivity contribution in [3.8, 4) is 22.3 Å². The number of fused-ring (bicyclic) bond motifs is 2. The first-order valence-electron chi connectivity index (χ1n) is 26.7. The number of rotatable bonds is 10. The molecule has 422 valence electrons. The van der Waals surface area contributed by atoms with Gasteiger partial charge < -0.3 is 54.6 Å². The van der Waals surface area contributed by atoms with E-state index in [1.807, 2.05) is 87.6 Å². The molecular formula is C53H78N23O3+. The lowest BCUT2D eigenvalue weighted by molar-refractivity contribution is -0.752. The predicted molar refractivity (Wildman–Crippen MR) is 304 cm³/mol. The summed E-state index contributed by atoms with van der Waals surface area (Å²) in [6, 6.07) is 3.92. The van der Waals surface area contributed by atoms with E-state index in [-0.39, 0.29) is 41.2 Å². The first-order chi connectivity index (χ1) is 37.5. The third kappa shape index (κ3) is 12.6. The number of aromatic nitrogens is 12. The van der Waals surface area contributed by atoms with Crippen LogP contribution in [0.15, 0.2) is 84.3 Å². The smallest absolute Gasteiger partial charge is 0.344 e. The number of piperidine rings is 3. The van der Waals surface area contributed by atoms with E-state index < -0.39 is 0 Å². The van der Waals surface area contributed by atoms with Gasteiger partial charge in [0.1, 0.15) is 49.6 Å². The van der Waals surface area contributed by atoms with Crippen molar-refractivity contribution >= 4 is 46.2 Å². The maximum Gasteiger partial charge on any atom is 0.344 e. The summed E-state index contributed by atoms with van der Waals surface area (Å²) in [4.78, 5) is 41.7. The summed E-state index contributed by atoms with van der Waals surface area (Å²) < 4.78 is 8.70. The number of nitrogen functional groups attached to an aromatic ring is 2. The van der Waals surface area contributed by atoms with Crippen LogP contribution in [0.1, 0.15) is 88.1 Å². The van der Waals surface area contributed by atoms with Gasteiger partial charge >= 0.3 is 5.91 Å². The number of likely N-dealkylation sites (N-methyl/N-ethyl adjacent to an activating group) is 2. The zero-order valence-corrected chi connectivity index (χ0v) is 46.7. The van der Waals surface area contributed by atoms with Crippen molar-refractivity contribution in [2.24, 2.45) is 37.8 Å². The third-order valence-electron chi connectivity index (χ3n) is 15.0. The van der Waals surface area contributed by atoms with Crippen LogP contribution in [0.2, 0.25) is 0 Å². The Morgan fingerprint density at radius 3 is 1.80 bits per heavy atom. The van der Waals surface area contributed by atoms with Crippen LogP contribution in [0.3, 0.4) is 0 Å². The highest BCUT2D eigenvalue weighted by molar-refractivity contribution is 5.95. The number of aryl methyl sites for hydroxylation is 3. The van der Waals surface area contributed by atoms with Crippen LogP contribution < -0.4 is 58.8 Å². The fraction of sp³-hybridized carbons (Fsp3) is 0.472. The van der Waals surface area contributed by atoms with Crippen LogP contribution in [0.4, 0.5) is 11.6 Å². The van der Waals surface area contributed by atoms with E-state index in [1.54, 1.807) is 62.3 Å². The Hall–Kier alpha value is -8.04. The van der Waals surface area contributed by atoms with Crippen LogP contribution in [0.5, 0.6) is 0 Å². The van der Waals surface area contributed by atoms with Gasteiger partial charge in [-0.2, -0.15) is 34.1 Å². The van der Waals surface area contributed by atoms with Crippen LogP contribution in [0, 0.1) is 5.92 Å². The Kier molecular flexibility index (Phi) is 17.9. The molecule has 0 saturated carbocycles. The van der Waals surface area contributed by atoms with E-state index in [1.165, 1.54) is 0 Å². The molecule has 0 unspecified atom stereocenters. The number of aliphatic imine (C=N–C) groups is 1. The van der Waals surface area contributed by atoms with E-state index in [0.29, 0.717) is 54.6 Å². The molecule has 0 spiro atoms. The minimum absolute atomic E-state index is 0. The molecule has 0 aliphatic carbocycles. The molecule has 7 aromatic heterocycles. The molecule has 3 fully saturated rings. The van der Waals surface area contributed by atoms with E-state index in [9.17, 15) is 9.59 Å². The van der Waals surface area contributed by atoms with Crippen molar-refractivity contribution in [1.29, 1.82) is 0 Å². The molecule has 4 aliphatic rings. The van der Waals surface area contributed by atoms with Gasteiger partial charge in [0, 0.05) is 128 Å². The number of nitrogens with one attached hydrogen (secondary N) is 6. The van der Waals surface area contributed by atoms with Crippen LogP contribution in [0.25, 0.3) is 39.1 Å². The number of carbonyl (C=O) groups excluding carboxylic acids is 2. The molecule has 7 aromatic rings. The molecule has 26 nitrogen and oxygen atoms in total. The number of allylic oxidation sites excluding steroid dienone is 1. The van der Waals surface area contributed by atoms with Crippen molar-refractivity contribution in [3.05, 3.63) is 96.3 Å². The van der Waals surface area contributed by atoms with E-state index in [4.69, 9.17) is 27.2 Å². The summed E-state index contributed by atoms with van der Waals surface area (Å²) in [5, 5.41) is 38.5. The zero-order valence-electron chi connectivity index (χ0n) is 46.7. The Morgan fingerprint density at radius 1 is 0.772 bits per heavy atom. The number of amidine groups is 1. The summed E-state index contributed by atoms with van der Waals surface area (Å²) in [6.45, 7) is 9.51. The normalized spacial score (nSPS) is 20.9. The first-order valence-corrected chi connectivity index (χ1v) is 26.7. The maximum absolute atomic E-state index is 13.7. The highest BCUT2D eigenvalue weighted by Crippen LogP contribution is 2.32. The van der Waals surface area contributed by atoms with Gasteiger partial charge in [-0.25, -0.2) is 19.8 Å². The van der Waals surface area contributed by atoms with Crippen molar-refractivity contribution in [1.82, 2.24) is 85.4 Å². The predicted octanol–water partition coefficient (Wildman–Crippen LogP) is 0.584. The highest BCUT2D eigenvalue weighted by atomic mass is 16.2. The second kappa shape index (κ2) is 24.7. The van der Waals surface area contributed by atoms with Gasteiger partial charge in [0.15, 0.2) is 11.3 Å². The highest BCUT2D eigenvalue weighted by Gasteiger charge is 2.35. The van der Waals surface area contributed by atoms with Crippen molar-refractivity contribution in [3.63, 3.8) is 0 Å². The quantitative estimate of drug-likeness (QED) is 0.0847. The zero-order chi connectivity index (χ0) is 55.4. The number of nitrogens with two attached hydrogens (primary N) is 3. The monoisotopic (exact) mass is 1080 g/mol. The average Bonchev–Trinajstić information content (AvgIpc) is 4.33. The van der Waals surface area contributed by atoms with Gasteiger partial charge in [0.25, 0.3) is 0 Å². The third-order valence-corrected chi connectivity index (χ3v) is 15.0. The lowest BCUT2D eigenvalue weighted by Gasteiger charge is -2.29. The van der Waals surface area contributed by atoms with E-state index in [2.05, 4.69) is 71.1 Å². The minimum Gasteiger partial charge on any atom is -0.412 e. The molecule has 14 N–H and O–H groups in total. The molecular weight excluding hydrogens is 1010 g/mol. The summed E-state index contributed by atoms with van der Waals surface area (Å²) in [5.41, 5.74) is 28.7. The van der Waals surface area contributed by atoms with Gasteiger partial charge in [-0.15, -0.1) is 5.01 Å². The van der Waals surface area contributed by atoms with Crippen molar-refractivity contribution in [2.45, 2.75) is 89.3 Å². The Labute approximate surface area is 459 Å². The number of hydrogen-bond acceptors (Lipinski definition) is 17. The molecule has 79 heavy (non-hydrogen) atoms. The number of hydrogen-bond donors (Lipinski definition) is 9. The van der Waals surface area contributed by atoms with Gasteiger partial charge in [-0.1, -0.05) is 18.6 Å². The lowest BCUT2D eigenvalue weighted by atomic mass is 9.91.